The molecule has 2 nitrogen and oxygen atoms in total. The van der Waals surface area contributed by atoms with E-state index in [1.54, 1.807) is 6.34 Å². The second-order valence-corrected chi connectivity index (χ2v) is 2.74. The average Bonchev–Trinajstić information content (AvgIpc) is 2.02. The highest BCUT2D eigenvalue weighted by atomic mass is 14.9. The second-order valence-electron chi connectivity index (χ2n) is 2.74. The molecule has 1 N–H and O–H groups in total. The minimum absolute atomic E-state index is 0.880. The van der Waals surface area contributed by atoms with Gasteiger partial charge in [0.15, 0.2) is 0 Å². The first-order valence-corrected chi connectivity index (χ1v) is 3.89. The van der Waals surface area contributed by atoms with Crippen molar-refractivity contribution in [2.75, 3.05) is 6.54 Å². The lowest BCUT2D eigenvalue weighted by atomic mass is 10.2. The van der Waals surface area contributed by atoms with Gasteiger partial charge < -0.3 is 5.32 Å². The molecule has 0 aromatic rings. The van der Waals surface area contributed by atoms with Gasteiger partial charge in [0.25, 0.3) is 0 Å². The summed E-state index contributed by atoms with van der Waals surface area (Å²) in [5, 5.41) is 3.08. The van der Waals surface area contributed by atoms with Gasteiger partial charge in [0, 0.05) is 12.2 Å². The lowest BCUT2D eigenvalue weighted by Crippen LogP contribution is -2.07. The normalized spacial score (nSPS) is 28.2. The molecule has 60 valence electrons. The SMILES string of the molecule is C/C1=C/C(C)=C/CCN=CN1. The highest BCUT2D eigenvalue weighted by molar-refractivity contribution is 5.57. The van der Waals surface area contributed by atoms with E-state index in [0.29, 0.717) is 0 Å². The third-order valence-electron chi connectivity index (χ3n) is 1.55. The minimum Gasteiger partial charge on any atom is -0.350 e. The van der Waals surface area contributed by atoms with Crippen molar-refractivity contribution in [2.45, 2.75) is 20.3 Å². The van der Waals surface area contributed by atoms with Crippen LogP contribution in [0.1, 0.15) is 20.3 Å². The smallest absolute Gasteiger partial charge is 0.0865 e. The molecule has 1 aliphatic heterocycles. The molecule has 0 aromatic heterocycles. The molecule has 0 spiro atoms. The summed E-state index contributed by atoms with van der Waals surface area (Å²) in [6.07, 6.45) is 7.12. The van der Waals surface area contributed by atoms with Gasteiger partial charge in [0.2, 0.25) is 0 Å². The average molecular weight is 150 g/mol. The Kier molecular flexibility index (Phi) is 2.90. The second kappa shape index (κ2) is 3.96. The van der Waals surface area contributed by atoms with Crippen LogP contribution in [0.2, 0.25) is 0 Å². The number of hydrogen-bond acceptors (Lipinski definition) is 2. The van der Waals surface area contributed by atoms with E-state index in [1.165, 1.54) is 5.57 Å². The molecule has 0 amide bonds. The maximum absolute atomic E-state index is 4.15. The van der Waals surface area contributed by atoms with Crippen molar-refractivity contribution in [1.82, 2.24) is 5.32 Å². The molecule has 2 heteroatoms. The van der Waals surface area contributed by atoms with E-state index < -0.39 is 0 Å². The zero-order chi connectivity index (χ0) is 8.10. The monoisotopic (exact) mass is 150 g/mol. The molecule has 1 rings (SSSR count). The lowest BCUT2D eigenvalue weighted by molar-refractivity contribution is 0.997. The van der Waals surface area contributed by atoms with Gasteiger partial charge in [0.1, 0.15) is 0 Å². The summed E-state index contributed by atoms with van der Waals surface area (Å²) in [5.74, 6) is 0. The van der Waals surface area contributed by atoms with Crippen LogP contribution in [0.5, 0.6) is 0 Å². The molecular weight excluding hydrogens is 136 g/mol. The summed E-state index contributed by atoms with van der Waals surface area (Å²) in [6.45, 7) is 5.02. The van der Waals surface area contributed by atoms with E-state index in [-0.39, 0.29) is 0 Å². The molecule has 0 bridgehead atoms. The fourth-order valence-corrected chi connectivity index (χ4v) is 1.02. The zero-order valence-electron chi connectivity index (χ0n) is 7.09. The van der Waals surface area contributed by atoms with Crippen LogP contribution in [0, 0.1) is 0 Å². The molecule has 0 aliphatic carbocycles. The Bertz CT molecular complexity index is 212. The summed E-state index contributed by atoms with van der Waals surface area (Å²) in [4.78, 5) is 4.15. The van der Waals surface area contributed by atoms with Crippen molar-refractivity contribution in [2.24, 2.45) is 4.99 Å². The highest BCUT2D eigenvalue weighted by Crippen LogP contribution is 2.01. The largest absolute Gasteiger partial charge is 0.350 e. The van der Waals surface area contributed by atoms with Crippen LogP contribution in [0.25, 0.3) is 0 Å². The first-order chi connectivity index (χ1) is 5.29. The van der Waals surface area contributed by atoms with Crippen molar-refractivity contribution in [3.8, 4) is 0 Å². The summed E-state index contributed by atoms with van der Waals surface area (Å²) in [7, 11) is 0. The van der Waals surface area contributed by atoms with Crippen molar-refractivity contribution in [1.29, 1.82) is 0 Å². The molecule has 1 heterocycles. The predicted octanol–water partition coefficient (Wildman–Crippen LogP) is 1.86. The summed E-state index contributed by atoms with van der Waals surface area (Å²) < 4.78 is 0. The topological polar surface area (TPSA) is 24.4 Å². The van der Waals surface area contributed by atoms with Gasteiger partial charge in [-0.1, -0.05) is 11.6 Å². The summed E-state index contributed by atoms with van der Waals surface area (Å²) >= 11 is 0. The Morgan fingerprint density at radius 3 is 3.09 bits per heavy atom. The van der Waals surface area contributed by atoms with E-state index in [0.717, 1.165) is 18.7 Å². The van der Waals surface area contributed by atoms with Gasteiger partial charge in [-0.3, -0.25) is 4.99 Å². The van der Waals surface area contributed by atoms with Crippen LogP contribution in [0.15, 0.2) is 28.4 Å². The number of hydrogen-bond donors (Lipinski definition) is 1. The van der Waals surface area contributed by atoms with Crippen molar-refractivity contribution in [3.63, 3.8) is 0 Å². The van der Waals surface area contributed by atoms with E-state index in [2.05, 4.69) is 29.4 Å². The number of nitrogens with zero attached hydrogens (tertiary/aromatic N) is 1. The Morgan fingerprint density at radius 1 is 1.45 bits per heavy atom. The molecule has 0 atom stereocenters. The first-order valence-electron chi connectivity index (χ1n) is 3.89. The lowest BCUT2D eigenvalue weighted by Gasteiger charge is -1.97. The maximum atomic E-state index is 4.15. The molecule has 0 saturated heterocycles. The van der Waals surface area contributed by atoms with Crippen LogP contribution in [0.4, 0.5) is 0 Å². The Morgan fingerprint density at radius 2 is 2.27 bits per heavy atom. The number of nitrogens with one attached hydrogen (secondary N) is 1. The molecule has 0 saturated carbocycles. The number of rotatable bonds is 0. The Balaban J connectivity index is 2.71. The van der Waals surface area contributed by atoms with Gasteiger partial charge in [-0.2, -0.15) is 0 Å². The first kappa shape index (κ1) is 8.05. The van der Waals surface area contributed by atoms with Crippen LogP contribution in [-0.2, 0) is 0 Å². The van der Waals surface area contributed by atoms with Crippen LogP contribution in [0.3, 0.4) is 0 Å². The van der Waals surface area contributed by atoms with Gasteiger partial charge in [-0.25, -0.2) is 0 Å². The fourth-order valence-electron chi connectivity index (χ4n) is 1.02. The third kappa shape index (κ3) is 3.03. The number of aliphatic imine (C=N–C) groups is 1. The minimum atomic E-state index is 0.880. The molecule has 0 fully saturated rings. The van der Waals surface area contributed by atoms with Crippen molar-refractivity contribution < 1.29 is 0 Å². The van der Waals surface area contributed by atoms with Crippen molar-refractivity contribution >= 4 is 6.34 Å². The molecule has 0 unspecified atom stereocenters. The predicted molar refractivity (Wildman–Crippen MR) is 48.6 cm³/mol. The molecular formula is C9H14N2. The van der Waals surface area contributed by atoms with Gasteiger partial charge in [0.05, 0.1) is 6.34 Å². The van der Waals surface area contributed by atoms with Gasteiger partial charge >= 0.3 is 0 Å². The third-order valence-corrected chi connectivity index (χ3v) is 1.55. The maximum Gasteiger partial charge on any atom is 0.0865 e. The quantitative estimate of drug-likeness (QED) is 0.560. The molecule has 1 aliphatic rings. The number of allylic oxidation sites excluding steroid dienone is 3. The highest BCUT2D eigenvalue weighted by Gasteiger charge is 1.89. The Labute approximate surface area is 67.7 Å². The van der Waals surface area contributed by atoms with Crippen molar-refractivity contribution in [3.05, 3.63) is 23.4 Å². The van der Waals surface area contributed by atoms with Gasteiger partial charge in [-0.15, -0.1) is 0 Å². The molecule has 0 aromatic carbocycles. The summed E-state index contributed by atoms with van der Waals surface area (Å²) in [6, 6.07) is 0. The standard InChI is InChI=1S/C9H14N2/c1-8-4-3-5-10-7-11-9(2)6-8/h4,6-7H,3,5H2,1-2H3,(H,10,11)/b8-4+,9-6-. The van der Waals surface area contributed by atoms with E-state index in [1.807, 2.05) is 6.92 Å². The van der Waals surface area contributed by atoms with Gasteiger partial charge in [-0.05, 0) is 26.3 Å². The van der Waals surface area contributed by atoms with E-state index in [9.17, 15) is 0 Å². The molecule has 11 heavy (non-hydrogen) atoms. The zero-order valence-corrected chi connectivity index (χ0v) is 7.09. The van der Waals surface area contributed by atoms with E-state index in [4.69, 9.17) is 0 Å². The van der Waals surface area contributed by atoms with Crippen LogP contribution in [-0.4, -0.2) is 12.9 Å². The van der Waals surface area contributed by atoms with Crippen LogP contribution >= 0.6 is 0 Å². The Hall–Kier alpha value is -1.05. The van der Waals surface area contributed by atoms with Crippen LogP contribution < -0.4 is 5.32 Å². The fraction of sp³-hybridized carbons (Fsp3) is 0.444. The molecule has 0 radical (unpaired) electrons. The van der Waals surface area contributed by atoms with E-state index >= 15 is 0 Å². The summed E-state index contributed by atoms with van der Waals surface area (Å²) in [5.41, 5.74) is 2.45.